The summed E-state index contributed by atoms with van der Waals surface area (Å²) in [6.45, 7) is 2.72. The predicted octanol–water partition coefficient (Wildman–Crippen LogP) is 2.77. The summed E-state index contributed by atoms with van der Waals surface area (Å²) >= 11 is 0. The average Bonchev–Trinajstić information content (AvgIpc) is 3.02. The standard InChI is InChI=1S/C15H19N5O3/c1-2-23-12-5-3-11(4-6-12)19-10-14(20(21)22)15(18-19)13-9-16-7-8-17-13/h7-12H,2-6H2,1H3/t11-,12-. The molecular formula is C15H19N5O3. The van der Waals surface area contributed by atoms with E-state index >= 15 is 0 Å². The van der Waals surface area contributed by atoms with Gasteiger partial charge in [-0.05, 0) is 32.6 Å². The smallest absolute Gasteiger partial charge is 0.316 e. The van der Waals surface area contributed by atoms with Crippen molar-refractivity contribution in [3.05, 3.63) is 34.9 Å². The van der Waals surface area contributed by atoms with Crippen LogP contribution < -0.4 is 0 Å². The number of ether oxygens (including phenoxy) is 1. The molecule has 0 aromatic carbocycles. The van der Waals surface area contributed by atoms with E-state index in [-0.39, 0.29) is 17.4 Å². The van der Waals surface area contributed by atoms with Crippen LogP contribution in [0.15, 0.2) is 24.8 Å². The van der Waals surface area contributed by atoms with Crippen molar-refractivity contribution < 1.29 is 9.66 Å². The van der Waals surface area contributed by atoms with E-state index in [2.05, 4.69) is 15.1 Å². The first-order chi connectivity index (χ1) is 11.2. The molecule has 1 aliphatic carbocycles. The van der Waals surface area contributed by atoms with Gasteiger partial charge in [0.25, 0.3) is 0 Å². The maximum atomic E-state index is 11.3. The highest BCUT2D eigenvalue weighted by molar-refractivity contribution is 5.64. The molecule has 0 N–H and O–H groups in total. The summed E-state index contributed by atoms with van der Waals surface area (Å²) in [5.74, 6) is 0. The second-order valence-corrected chi connectivity index (χ2v) is 5.58. The minimum atomic E-state index is -0.417. The number of aromatic nitrogens is 4. The number of hydrogen-bond acceptors (Lipinski definition) is 6. The molecule has 0 spiro atoms. The van der Waals surface area contributed by atoms with Crippen LogP contribution in [-0.2, 0) is 4.74 Å². The third kappa shape index (κ3) is 3.37. The van der Waals surface area contributed by atoms with Gasteiger partial charge >= 0.3 is 5.69 Å². The molecule has 3 rings (SSSR count). The lowest BCUT2D eigenvalue weighted by Gasteiger charge is -2.28. The van der Waals surface area contributed by atoms with Gasteiger partial charge in [-0.15, -0.1) is 0 Å². The number of nitrogens with zero attached hydrogens (tertiary/aromatic N) is 5. The first-order valence-corrected chi connectivity index (χ1v) is 7.80. The van der Waals surface area contributed by atoms with Crippen molar-refractivity contribution in [2.24, 2.45) is 0 Å². The predicted molar refractivity (Wildman–Crippen MR) is 82.8 cm³/mol. The summed E-state index contributed by atoms with van der Waals surface area (Å²) in [6.07, 6.45) is 10.0. The average molecular weight is 317 g/mol. The second-order valence-electron chi connectivity index (χ2n) is 5.58. The van der Waals surface area contributed by atoms with Gasteiger partial charge in [-0.25, -0.2) is 0 Å². The highest BCUT2D eigenvalue weighted by Crippen LogP contribution is 2.33. The molecule has 2 aromatic rings. The van der Waals surface area contributed by atoms with Crippen molar-refractivity contribution in [3.63, 3.8) is 0 Å². The first-order valence-electron chi connectivity index (χ1n) is 7.80. The van der Waals surface area contributed by atoms with Crippen LogP contribution in [0.4, 0.5) is 5.69 Å². The summed E-state index contributed by atoms with van der Waals surface area (Å²) in [7, 11) is 0. The van der Waals surface area contributed by atoms with E-state index in [1.54, 1.807) is 4.68 Å². The van der Waals surface area contributed by atoms with Crippen molar-refractivity contribution in [3.8, 4) is 11.4 Å². The Kier molecular flexibility index (Phi) is 4.61. The fourth-order valence-corrected chi connectivity index (χ4v) is 3.02. The Morgan fingerprint density at radius 3 is 2.74 bits per heavy atom. The van der Waals surface area contributed by atoms with Crippen molar-refractivity contribution in [1.82, 2.24) is 19.7 Å². The summed E-state index contributed by atoms with van der Waals surface area (Å²) in [4.78, 5) is 19.0. The zero-order valence-electron chi connectivity index (χ0n) is 13.0. The Morgan fingerprint density at radius 2 is 2.13 bits per heavy atom. The Morgan fingerprint density at radius 1 is 1.35 bits per heavy atom. The van der Waals surface area contributed by atoms with Gasteiger partial charge in [0.05, 0.1) is 23.3 Å². The van der Waals surface area contributed by atoms with E-state index in [4.69, 9.17) is 4.74 Å². The monoisotopic (exact) mass is 317 g/mol. The zero-order valence-corrected chi connectivity index (χ0v) is 13.0. The van der Waals surface area contributed by atoms with Crippen LogP contribution in [0.2, 0.25) is 0 Å². The molecule has 1 aliphatic rings. The summed E-state index contributed by atoms with van der Waals surface area (Å²) in [6, 6.07) is 0.163. The maximum Gasteiger partial charge on any atom is 0.316 e. The fraction of sp³-hybridized carbons (Fsp3) is 0.533. The van der Waals surface area contributed by atoms with Crippen LogP contribution in [0.5, 0.6) is 0 Å². The second kappa shape index (κ2) is 6.82. The molecule has 122 valence electrons. The van der Waals surface area contributed by atoms with E-state index < -0.39 is 4.92 Å². The lowest BCUT2D eigenvalue weighted by molar-refractivity contribution is -0.384. The molecule has 2 aromatic heterocycles. The Bertz CT molecular complexity index is 665. The first kappa shape index (κ1) is 15.5. The zero-order chi connectivity index (χ0) is 16.2. The van der Waals surface area contributed by atoms with Crippen molar-refractivity contribution in [1.29, 1.82) is 0 Å². The molecule has 1 fully saturated rings. The minimum absolute atomic E-state index is 0.0302. The van der Waals surface area contributed by atoms with Crippen LogP contribution in [0.1, 0.15) is 38.6 Å². The van der Waals surface area contributed by atoms with Gasteiger partial charge in [0.15, 0.2) is 5.69 Å². The molecule has 0 saturated heterocycles. The van der Waals surface area contributed by atoms with E-state index in [0.717, 1.165) is 32.3 Å². The maximum absolute atomic E-state index is 11.3. The number of hydrogen-bond donors (Lipinski definition) is 0. The molecule has 0 unspecified atom stereocenters. The van der Waals surface area contributed by atoms with E-state index in [1.807, 2.05) is 6.92 Å². The topological polar surface area (TPSA) is 96.0 Å². The Balaban J connectivity index is 1.83. The molecule has 0 aliphatic heterocycles. The van der Waals surface area contributed by atoms with Gasteiger partial charge in [-0.3, -0.25) is 24.8 Å². The SMILES string of the molecule is CCO[C@H]1CC[C@H](n2cc([N+](=O)[O-])c(-c3cnccn3)n2)CC1. The summed E-state index contributed by atoms with van der Waals surface area (Å²) in [5, 5.41) is 15.7. The summed E-state index contributed by atoms with van der Waals surface area (Å²) in [5.41, 5.74) is 0.661. The van der Waals surface area contributed by atoms with Crippen LogP contribution in [0.25, 0.3) is 11.4 Å². The van der Waals surface area contributed by atoms with Crippen molar-refractivity contribution >= 4 is 5.69 Å². The van der Waals surface area contributed by atoms with Crippen molar-refractivity contribution in [2.75, 3.05) is 6.61 Å². The third-order valence-corrected chi connectivity index (χ3v) is 4.14. The Labute approximate surface area is 133 Å². The van der Waals surface area contributed by atoms with Crippen LogP contribution in [0.3, 0.4) is 0 Å². The quantitative estimate of drug-likeness (QED) is 0.621. The van der Waals surface area contributed by atoms with Gasteiger partial charge in [0.1, 0.15) is 11.9 Å². The lowest BCUT2D eigenvalue weighted by atomic mass is 9.93. The van der Waals surface area contributed by atoms with Crippen LogP contribution in [0, 0.1) is 10.1 Å². The molecule has 8 heteroatoms. The lowest BCUT2D eigenvalue weighted by Crippen LogP contribution is -2.24. The highest BCUT2D eigenvalue weighted by atomic mass is 16.6. The largest absolute Gasteiger partial charge is 0.379 e. The van der Waals surface area contributed by atoms with Gasteiger partial charge < -0.3 is 4.74 Å². The molecule has 0 amide bonds. The molecule has 0 atom stereocenters. The van der Waals surface area contributed by atoms with E-state index in [9.17, 15) is 10.1 Å². The normalized spacial score (nSPS) is 21.3. The highest BCUT2D eigenvalue weighted by Gasteiger charge is 2.28. The van der Waals surface area contributed by atoms with Gasteiger partial charge in [0, 0.05) is 19.0 Å². The van der Waals surface area contributed by atoms with E-state index in [0.29, 0.717) is 11.8 Å². The summed E-state index contributed by atoms with van der Waals surface area (Å²) < 4.78 is 7.36. The number of nitro groups is 1. The van der Waals surface area contributed by atoms with E-state index in [1.165, 1.54) is 24.8 Å². The fourth-order valence-electron chi connectivity index (χ4n) is 3.02. The third-order valence-electron chi connectivity index (χ3n) is 4.14. The molecular weight excluding hydrogens is 298 g/mol. The molecule has 0 radical (unpaired) electrons. The Hall–Kier alpha value is -2.35. The molecule has 1 saturated carbocycles. The van der Waals surface area contributed by atoms with Gasteiger partial charge in [0.2, 0.25) is 0 Å². The van der Waals surface area contributed by atoms with Gasteiger partial charge in [-0.2, -0.15) is 5.10 Å². The molecule has 0 bridgehead atoms. The molecule has 2 heterocycles. The minimum Gasteiger partial charge on any atom is -0.379 e. The molecule has 23 heavy (non-hydrogen) atoms. The van der Waals surface area contributed by atoms with Crippen molar-refractivity contribution in [2.45, 2.75) is 44.8 Å². The van der Waals surface area contributed by atoms with Gasteiger partial charge in [-0.1, -0.05) is 0 Å². The van der Waals surface area contributed by atoms with Crippen LogP contribution >= 0.6 is 0 Å². The number of rotatable bonds is 5. The van der Waals surface area contributed by atoms with Crippen LogP contribution in [-0.4, -0.2) is 37.4 Å². The molecule has 8 nitrogen and oxygen atoms in total.